The number of rotatable bonds is 1. The quantitative estimate of drug-likeness (QED) is 0.441. The van der Waals surface area contributed by atoms with Gasteiger partial charge in [0.25, 0.3) is 0 Å². The second-order valence-corrected chi connectivity index (χ2v) is 3.02. The van der Waals surface area contributed by atoms with Crippen LogP contribution in [0.15, 0.2) is 12.1 Å². The van der Waals surface area contributed by atoms with Gasteiger partial charge in [0.05, 0.1) is 18.2 Å². The van der Waals surface area contributed by atoms with Gasteiger partial charge < -0.3 is 10.5 Å². The number of nitrogen functional groups attached to an aromatic ring is 1. The van der Waals surface area contributed by atoms with Crippen LogP contribution in [0.3, 0.4) is 0 Å². The average Bonchev–Trinajstić information content (AvgIpc) is 2.14. The molecule has 0 aliphatic rings. The molecule has 0 aromatic heterocycles. The van der Waals surface area contributed by atoms with Crippen LogP contribution in [-0.4, -0.2) is 20.9 Å². The van der Waals surface area contributed by atoms with Crippen molar-refractivity contribution in [1.29, 1.82) is 0 Å². The van der Waals surface area contributed by atoms with Gasteiger partial charge in [-0.05, 0) is 6.07 Å². The summed E-state index contributed by atoms with van der Waals surface area (Å²) in [5, 5.41) is 0. The number of nitrogens with two attached hydrogens (primary N) is 1. The highest BCUT2D eigenvalue weighted by Gasteiger charge is 2.36. The standard InChI is InChI=1S/C9H7BF3NO2/c1-16-8(15)7-5(9(11,12)13)2-4(10)3-6(7)14/h2-3H,14H2,1H3. The number of esters is 1. The number of methoxy groups -OCH3 is 1. The van der Waals surface area contributed by atoms with Gasteiger partial charge in [-0.1, -0.05) is 11.5 Å². The van der Waals surface area contributed by atoms with Crippen LogP contribution in [0, 0.1) is 0 Å². The minimum atomic E-state index is -4.72. The molecule has 1 aromatic rings. The van der Waals surface area contributed by atoms with Gasteiger partial charge in [0.1, 0.15) is 7.85 Å². The van der Waals surface area contributed by atoms with E-state index in [4.69, 9.17) is 13.6 Å². The van der Waals surface area contributed by atoms with Crippen molar-refractivity contribution in [2.75, 3.05) is 12.8 Å². The summed E-state index contributed by atoms with van der Waals surface area (Å²) in [5.41, 5.74) is 2.87. The zero-order valence-corrected chi connectivity index (χ0v) is 8.26. The molecule has 0 aliphatic heterocycles. The number of carbonyl (C=O) groups is 1. The summed E-state index contributed by atoms with van der Waals surface area (Å²) in [6.45, 7) is 0. The van der Waals surface area contributed by atoms with Gasteiger partial charge in [0.15, 0.2) is 0 Å². The van der Waals surface area contributed by atoms with Crippen molar-refractivity contribution in [3.8, 4) is 0 Å². The van der Waals surface area contributed by atoms with E-state index in [1.165, 1.54) is 0 Å². The van der Waals surface area contributed by atoms with Crippen molar-refractivity contribution >= 4 is 25.0 Å². The highest BCUT2D eigenvalue weighted by atomic mass is 19.4. The number of hydrogen-bond donors (Lipinski definition) is 1. The van der Waals surface area contributed by atoms with Crippen molar-refractivity contribution in [3.63, 3.8) is 0 Å². The molecular weight excluding hydrogens is 222 g/mol. The number of carbonyl (C=O) groups excluding carboxylic acids is 1. The van der Waals surface area contributed by atoms with Gasteiger partial charge in [-0.2, -0.15) is 13.2 Å². The molecular formula is C9H7BF3NO2. The fourth-order valence-electron chi connectivity index (χ4n) is 1.24. The second-order valence-electron chi connectivity index (χ2n) is 3.02. The van der Waals surface area contributed by atoms with Crippen LogP contribution in [-0.2, 0) is 10.9 Å². The fourth-order valence-corrected chi connectivity index (χ4v) is 1.24. The van der Waals surface area contributed by atoms with E-state index in [2.05, 4.69) is 4.74 Å². The summed E-state index contributed by atoms with van der Waals surface area (Å²) in [6.07, 6.45) is -4.72. The van der Waals surface area contributed by atoms with E-state index in [0.29, 0.717) is 6.07 Å². The highest BCUT2D eigenvalue weighted by Crippen LogP contribution is 2.33. The third-order valence-electron chi connectivity index (χ3n) is 1.89. The maximum Gasteiger partial charge on any atom is 0.417 e. The van der Waals surface area contributed by atoms with Gasteiger partial charge in [-0.25, -0.2) is 4.79 Å². The molecule has 84 valence electrons. The largest absolute Gasteiger partial charge is 0.465 e. The molecule has 0 heterocycles. The third-order valence-corrected chi connectivity index (χ3v) is 1.89. The van der Waals surface area contributed by atoms with Crippen LogP contribution in [0.25, 0.3) is 0 Å². The molecule has 0 aliphatic carbocycles. The van der Waals surface area contributed by atoms with E-state index in [1.807, 2.05) is 0 Å². The van der Waals surface area contributed by atoms with E-state index in [1.54, 1.807) is 0 Å². The number of ether oxygens (including phenoxy) is 1. The third kappa shape index (κ3) is 2.29. The Labute approximate surface area is 90.8 Å². The lowest BCUT2D eigenvalue weighted by atomic mass is 9.90. The van der Waals surface area contributed by atoms with Crippen molar-refractivity contribution in [3.05, 3.63) is 23.3 Å². The summed E-state index contributed by atoms with van der Waals surface area (Å²) >= 11 is 0. The Morgan fingerprint density at radius 3 is 2.44 bits per heavy atom. The molecule has 0 spiro atoms. The Morgan fingerprint density at radius 2 is 2.00 bits per heavy atom. The summed E-state index contributed by atoms with van der Waals surface area (Å²) < 4.78 is 42.0. The first-order valence-corrected chi connectivity index (χ1v) is 4.12. The Morgan fingerprint density at radius 1 is 1.44 bits per heavy atom. The first-order valence-electron chi connectivity index (χ1n) is 4.12. The predicted octanol–water partition coefficient (Wildman–Crippen LogP) is 0.868. The van der Waals surface area contributed by atoms with Crippen LogP contribution < -0.4 is 11.2 Å². The normalized spacial score (nSPS) is 11.2. The Hall–Kier alpha value is -1.66. The van der Waals surface area contributed by atoms with E-state index in [0.717, 1.165) is 13.2 Å². The molecule has 0 fully saturated rings. The van der Waals surface area contributed by atoms with Gasteiger partial charge in [0, 0.05) is 5.69 Å². The zero-order chi connectivity index (χ0) is 12.5. The number of hydrogen-bond acceptors (Lipinski definition) is 3. The number of halogens is 3. The molecule has 7 heteroatoms. The van der Waals surface area contributed by atoms with Crippen LogP contribution >= 0.6 is 0 Å². The van der Waals surface area contributed by atoms with Crippen molar-refractivity contribution in [2.45, 2.75) is 6.18 Å². The SMILES string of the molecule is [B]c1cc(N)c(C(=O)OC)c(C(F)(F)F)c1. The molecule has 1 aromatic carbocycles. The van der Waals surface area contributed by atoms with Crippen LogP contribution in [0.4, 0.5) is 18.9 Å². The first kappa shape index (κ1) is 12.4. The number of benzene rings is 1. The van der Waals surface area contributed by atoms with E-state index < -0.39 is 23.3 Å². The molecule has 1 rings (SSSR count). The lowest BCUT2D eigenvalue weighted by molar-refractivity contribution is -0.138. The molecule has 2 N–H and O–H groups in total. The van der Waals surface area contributed by atoms with Crippen LogP contribution in [0.5, 0.6) is 0 Å². The topological polar surface area (TPSA) is 52.3 Å². The Kier molecular flexibility index (Phi) is 3.16. The monoisotopic (exact) mass is 229 g/mol. The molecule has 2 radical (unpaired) electrons. The summed E-state index contributed by atoms with van der Waals surface area (Å²) in [5.74, 6) is -1.15. The summed E-state index contributed by atoms with van der Waals surface area (Å²) in [4.78, 5) is 11.2. The van der Waals surface area contributed by atoms with E-state index in [-0.39, 0.29) is 11.2 Å². The maximum atomic E-state index is 12.6. The summed E-state index contributed by atoms with van der Waals surface area (Å²) in [7, 11) is 6.21. The molecule has 0 unspecified atom stereocenters. The highest BCUT2D eigenvalue weighted by molar-refractivity contribution is 6.33. The van der Waals surface area contributed by atoms with Crippen molar-refractivity contribution in [2.24, 2.45) is 0 Å². The second kappa shape index (κ2) is 4.07. The first-order chi connectivity index (χ1) is 7.27. The van der Waals surface area contributed by atoms with Crippen molar-refractivity contribution < 1.29 is 22.7 Å². The summed E-state index contributed by atoms with van der Waals surface area (Å²) in [6, 6.07) is 1.71. The molecule has 0 bridgehead atoms. The Balaban J connectivity index is 3.51. The molecule has 3 nitrogen and oxygen atoms in total. The Bertz CT molecular complexity index is 431. The van der Waals surface area contributed by atoms with E-state index in [9.17, 15) is 18.0 Å². The lowest BCUT2D eigenvalue weighted by Crippen LogP contribution is -2.20. The molecule has 0 saturated carbocycles. The predicted molar refractivity (Wildman–Crippen MR) is 52.6 cm³/mol. The van der Waals surface area contributed by atoms with E-state index >= 15 is 0 Å². The molecule has 16 heavy (non-hydrogen) atoms. The fraction of sp³-hybridized carbons (Fsp3) is 0.222. The van der Waals surface area contributed by atoms with Crippen molar-refractivity contribution in [1.82, 2.24) is 0 Å². The van der Waals surface area contributed by atoms with Gasteiger partial charge >= 0.3 is 12.1 Å². The zero-order valence-electron chi connectivity index (χ0n) is 8.26. The minimum absolute atomic E-state index is 0.169. The van der Waals surface area contributed by atoms with Gasteiger partial charge in [-0.3, -0.25) is 0 Å². The van der Waals surface area contributed by atoms with Gasteiger partial charge in [-0.15, -0.1) is 0 Å². The molecule has 0 atom stereocenters. The molecule has 0 amide bonds. The van der Waals surface area contributed by atoms with Gasteiger partial charge in [0.2, 0.25) is 0 Å². The average molecular weight is 229 g/mol. The smallest absolute Gasteiger partial charge is 0.417 e. The van der Waals surface area contributed by atoms with Crippen LogP contribution in [0.1, 0.15) is 15.9 Å². The number of alkyl halides is 3. The maximum absolute atomic E-state index is 12.6. The minimum Gasteiger partial charge on any atom is -0.465 e. The molecule has 0 saturated heterocycles. The number of anilines is 1. The lowest BCUT2D eigenvalue weighted by Gasteiger charge is -2.14. The van der Waals surface area contributed by atoms with Crippen LogP contribution in [0.2, 0.25) is 0 Å².